The second-order valence-electron chi connectivity index (χ2n) is 4.48. The lowest BCUT2D eigenvalue weighted by Crippen LogP contribution is -2.11. The topological polar surface area (TPSA) is 76.7 Å². The maximum Gasteiger partial charge on any atom is 0.206 e. The van der Waals surface area contributed by atoms with Crippen LogP contribution in [0.2, 0.25) is 0 Å². The average molecular weight is 285 g/mol. The quantitative estimate of drug-likeness (QED) is 0.788. The van der Waals surface area contributed by atoms with Crippen LogP contribution in [0.4, 0.5) is 4.39 Å². The number of aliphatic hydroxyl groups is 1. The molecule has 0 saturated carbocycles. The summed E-state index contributed by atoms with van der Waals surface area (Å²) in [6.07, 6.45) is 2.46. The first-order valence-corrected chi connectivity index (χ1v) is 6.34. The van der Waals surface area contributed by atoms with E-state index >= 15 is 0 Å². The number of aromatic nitrogens is 5. The van der Waals surface area contributed by atoms with Gasteiger partial charge in [0.15, 0.2) is 0 Å². The Morgan fingerprint density at radius 3 is 2.71 bits per heavy atom. The zero-order valence-corrected chi connectivity index (χ0v) is 11.0. The third kappa shape index (κ3) is 3.09. The lowest BCUT2D eigenvalue weighted by Gasteiger charge is -2.09. The molecule has 106 valence electrons. The van der Waals surface area contributed by atoms with Crippen LogP contribution in [0.3, 0.4) is 0 Å². The Morgan fingerprint density at radius 2 is 2.00 bits per heavy atom. The molecule has 0 radical (unpaired) electrons. The van der Waals surface area contributed by atoms with Crippen molar-refractivity contribution in [3.63, 3.8) is 0 Å². The first kappa shape index (κ1) is 13.3. The van der Waals surface area contributed by atoms with E-state index < -0.39 is 6.10 Å². The number of nitrogens with zero attached hydrogens (tertiary/aromatic N) is 5. The highest BCUT2D eigenvalue weighted by atomic mass is 19.1. The molecule has 0 spiro atoms. The van der Waals surface area contributed by atoms with E-state index in [-0.39, 0.29) is 12.4 Å². The number of benzene rings is 1. The van der Waals surface area contributed by atoms with Crippen LogP contribution in [0, 0.1) is 5.82 Å². The van der Waals surface area contributed by atoms with Crippen molar-refractivity contribution in [3.05, 3.63) is 60.2 Å². The highest BCUT2D eigenvalue weighted by Gasteiger charge is 2.12. The zero-order chi connectivity index (χ0) is 14.7. The molecule has 21 heavy (non-hydrogen) atoms. The van der Waals surface area contributed by atoms with Gasteiger partial charge in [-0.05, 0) is 35.0 Å². The summed E-state index contributed by atoms with van der Waals surface area (Å²) in [6, 6.07) is 9.26. The first-order chi connectivity index (χ1) is 10.2. The molecule has 1 aromatic carbocycles. The van der Waals surface area contributed by atoms with E-state index in [1.54, 1.807) is 18.5 Å². The minimum Gasteiger partial charge on any atom is -0.386 e. The monoisotopic (exact) mass is 285 g/mol. The van der Waals surface area contributed by atoms with Gasteiger partial charge in [-0.2, -0.15) is 4.80 Å². The Kier molecular flexibility index (Phi) is 3.65. The molecule has 0 aliphatic rings. The summed E-state index contributed by atoms with van der Waals surface area (Å²) in [5.41, 5.74) is 1.34. The van der Waals surface area contributed by atoms with Gasteiger partial charge < -0.3 is 5.11 Å². The molecule has 0 aliphatic carbocycles. The predicted molar refractivity (Wildman–Crippen MR) is 72.4 cm³/mol. The number of hydrogen-bond donors (Lipinski definition) is 1. The van der Waals surface area contributed by atoms with E-state index in [0.29, 0.717) is 11.4 Å². The summed E-state index contributed by atoms with van der Waals surface area (Å²) >= 11 is 0. The lowest BCUT2D eigenvalue weighted by molar-refractivity contribution is 0.144. The number of pyridine rings is 1. The number of hydrogen-bond acceptors (Lipinski definition) is 5. The number of halogens is 1. The summed E-state index contributed by atoms with van der Waals surface area (Å²) < 4.78 is 12.8. The van der Waals surface area contributed by atoms with Crippen molar-refractivity contribution in [2.75, 3.05) is 0 Å². The molecule has 0 aliphatic heterocycles. The van der Waals surface area contributed by atoms with Crippen molar-refractivity contribution < 1.29 is 9.50 Å². The summed E-state index contributed by atoms with van der Waals surface area (Å²) in [6.45, 7) is 0.138. The Bertz CT molecular complexity index is 714. The molecule has 7 heteroatoms. The summed E-state index contributed by atoms with van der Waals surface area (Å²) in [5, 5.41) is 22.1. The summed E-state index contributed by atoms with van der Waals surface area (Å²) in [4.78, 5) is 5.29. The third-order valence-electron chi connectivity index (χ3n) is 2.96. The molecule has 2 aromatic heterocycles. The van der Waals surface area contributed by atoms with Gasteiger partial charge in [-0.3, -0.25) is 4.98 Å². The molecule has 1 N–H and O–H groups in total. The number of aliphatic hydroxyl groups excluding tert-OH is 1. The van der Waals surface area contributed by atoms with Crippen molar-refractivity contribution in [1.82, 2.24) is 25.2 Å². The van der Waals surface area contributed by atoms with Gasteiger partial charge in [0.25, 0.3) is 0 Å². The third-order valence-corrected chi connectivity index (χ3v) is 2.96. The van der Waals surface area contributed by atoms with E-state index in [1.807, 2.05) is 6.07 Å². The zero-order valence-electron chi connectivity index (χ0n) is 11.0. The molecular formula is C14H12FN5O. The van der Waals surface area contributed by atoms with Gasteiger partial charge in [0.1, 0.15) is 11.9 Å². The summed E-state index contributed by atoms with van der Waals surface area (Å²) in [7, 11) is 0. The van der Waals surface area contributed by atoms with Crippen molar-refractivity contribution in [2.24, 2.45) is 0 Å². The minimum absolute atomic E-state index is 0.138. The van der Waals surface area contributed by atoms with Crippen LogP contribution in [0.5, 0.6) is 0 Å². The Hall–Kier alpha value is -2.67. The van der Waals surface area contributed by atoms with Crippen LogP contribution in [0.15, 0.2) is 48.8 Å². The van der Waals surface area contributed by atoms with Gasteiger partial charge >= 0.3 is 0 Å². The Labute approximate surface area is 119 Å². The second-order valence-corrected chi connectivity index (χ2v) is 4.48. The molecule has 0 fully saturated rings. The predicted octanol–water partition coefficient (Wildman–Crippen LogP) is 1.61. The molecule has 1 unspecified atom stereocenters. The minimum atomic E-state index is -0.832. The van der Waals surface area contributed by atoms with Crippen LogP contribution in [-0.2, 0) is 6.54 Å². The molecule has 1 atom stereocenters. The normalized spacial score (nSPS) is 12.3. The first-order valence-electron chi connectivity index (χ1n) is 6.34. The maximum atomic E-state index is 12.8. The molecule has 0 amide bonds. The molecule has 6 nitrogen and oxygen atoms in total. The number of rotatable bonds is 4. The molecule has 2 heterocycles. The van der Waals surface area contributed by atoms with Gasteiger partial charge in [-0.15, -0.1) is 10.2 Å². The molecular weight excluding hydrogens is 273 g/mol. The summed E-state index contributed by atoms with van der Waals surface area (Å²) in [5.74, 6) is 0.0955. The van der Waals surface area contributed by atoms with Crippen LogP contribution >= 0.6 is 0 Å². The van der Waals surface area contributed by atoms with Gasteiger partial charge in [-0.1, -0.05) is 12.1 Å². The van der Waals surface area contributed by atoms with E-state index in [2.05, 4.69) is 20.4 Å². The highest BCUT2D eigenvalue weighted by Crippen LogP contribution is 2.16. The highest BCUT2D eigenvalue weighted by molar-refractivity contribution is 5.51. The fourth-order valence-electron chi connectivity index (χ4n) is 1.88. The fraction of sp³-hybridized carbons (Fsp3) is 0.143. The van der Waals surface area contributed by atoms with Crippen molar-refractivity contribution in [3.8, 4) is 11.4 Å². The van der Waals surface area contributed by atoms with Crippen LogP contribution in [0.1, 0.15) is 11.7 Å². The van der Waals surface area contributed by atoms with Crippen molar-refractivity contribution in [2.45, 2.75) is 12.6 Å². The van der Waals surface area contributed by atoms with Gasteiger partial charge in [0.2, 0.25) is 5.82 Å². The second kappa shape index (κ2) is 5.76. The lowest BCUT2D eigenvalue weighted by atomic mass is 10.1. The standard InChI is InChI=1S/C14H12FN5O/c15-12-5-3-10(4-6-12)13(21)9-20-18-14(17-19-20)11-2-1-7-16-8-11/h1-8,13,21H,9H2. The molecule has 3 rings (SSSR count). The Morgan fingerprint density at radius 1 is 1.19 bits per heavy atom. The Balaban J connectivity index is 1.74. The van der Waals surface area contributed by atoms with Gasteiger partial charge in [0, 0.05) is 18.0 Å². The van der Waals surface area contributed by atoms with Crippen LogP contribution in [0.25, 0.3) is 11.4 Å². The van der Waals surface area contributed by atoms with E-state index in [9.17, 15) is 9.50 Å². The van der Waals surface area contributed by atoms with Crippen molar-refractivity contribution in [1.29, 1.82) is 0 Å². The van der Waals surface area contributed by atoms with E-state index in [4.69, 9.17) is 0 Å². The molecule has 0 bridgehead atoms. The smallest absolute Gasteiger partial charge is 0.206 e. The van der Waals surface area contributed by atoms with Crippen molar-refractivity contribution >= 4 is 0 Å². The SMILES string of the molecule is OC(Cn1nnc(-c2cccnc2)n1)c1ccc(F)cc1. The number of tetrazole rings is 1. The van der Waals surface area contributed by atoms with Crippen LogP contribution < -0.4 is 0 Å². The molecule has 3 aromatic rings. The van der Waals surface area contributed by atoms with E-state index in [0.717, 1.165) is 5.56 Å². The average Bonchev–Trinajstić information content (AvgIpc) is 2.97. The fourth-order valence-corrected chi connectivity index (χ4v) is 1.88. The van der Waals surface area contributed by atoms with Crippen LogP contribution in [-0.4, -0.2) is 30.3 Å². The van der Waals surface area contributed by atoms with Gasteiger partial charge in [0.05, 0.1) is 6.54 Å². The van der Waals surface area contributed by atoms with E-state index in [1.165, 1.54) is 29.1 Å². The molecule has 0 saturated heterocycles. The van der Waals surface area contributed by atoms with Gasteiger partial charge in [-0.25, -0.2) is 4.39 Å². The largest absolute Gasteiger partial charge is 0.386 e. The maximum absolute atomic E-state index is 12.8.